The van der Waals surface area contributed by atoms with Crippen molar-refractivity contribution in [1.82, 2.24) is 4.90 Å². The average molecular weight is 424 g/mol. The number of ether oxygens (including phenoxy) is 2. The van der Waals surface area contributed by atoms with Crippen LogP contribution in [0.2, 0.25) is 0 Å². The lowest BCUT2D eigenvalue weighted by atomic mass is 10.00. The van der Waals surface area contributed by atoms with Gasteiger partial charge in [0.05, 0.1) is 5.56 Å². The van der Waals surface area contributed by atoms with Gasteiger partial charge in [-0.05, 0) is 37.1 Å². The van der Waals surface area contributed by atoms with E-state index in [0.29, 0.717) is 23.8 Å². The Hall–Kier alpha value is -3.63. The molecule has 2 heterocycles. The monoisotopic (exact) mass is 423 g/mol. The number of hydrogen-bond donors (Lipinski definition) is 0. The molecule has 0 atom stereocenters. The van der Waals surface area contributed by atoms with Crippen molar-refractivity contribution in [3.63, 3.8) is 0 Å². The predicted molar refractivity (Wildman–Crippen MR) is 126 cm³/mol. The fraction of sp³-hybridized carbons (Fsp3) is 0.179. The van der Waals surface area contributed by atoms with Gasteiger partial charge in [0.2, 0.25) is 5.78 Å². The van der Waals surface area contributed by atoms with Crippen LogP contribution in [0, 0.1) is 13.8 Å². The van der Waals surface area contributed by atoms with Crippen LogP contribution in [0.5, 0.6) is 11.5 Å². The summed E-state index contributed by atoms with van der Waals surface area (Å²) in [5.41, 5.74) is 6.09. The van der Waals surface area contributed by atoms with E-state index in [9.17, 15) is 4.79 Å². The molecule has 0 amide bonds. The van der Waals surface area contributed by atoms with Crippen molar-refractivity contribution in [2.24, 2.45) is 0 Å². The van der Waals surface area contributed by atoms with Crippen LogP contribution < -0.4 is 9.47 Å². The van der Waals surface area contributed by atoms with Crippen molar-refractivity contribution < 1.29 is 14.3 Å². The van der Waals surface area contributed by atoms with Crippen LogP contribution in [0.1, 0.15) is 38.2 Å². The van der Waals surface area contributed by atoms with E-state index in [2.05, 4.69) is 36.1 Å². The number of aryl methyl sites for hydroxylation is 1. The Morgan fingerprint density at radius 2 is 1.78 bits per heavy atom. The normalized spacial score (nSPS) is 16.7. The minimum Gasteiger partial charge on any atom is -0.477 e. The van der Waals surface area contributed by atoms with Gasteiger partial charge in [0, 0.05) is 24.2 Å². The fourth-order valence-electron chi connectivity index (χ4n) is 4.17. The molecule has 0 bridgehead atoms. The fourth-order valence-corrected chi connectivity index (χ4v) is 4.17. The van der Waals surface area contributed by atoms with Crippen LogP contribution in [-0.2, 0) is 13.1 Å². The molecule has 4 heteroatoms. The summed E-state index contributed by atoms with van der Waals surface area (Å²) in [7, 11) is 0. The first-order valence-corrected chi connectivity index (χ1v) is 10.8. The molecule has 160 valence electrons. The second-order valence-electron chi connectivity index (χ2n) is 8.34. The highest BCUT2D eigenvalue weighted by Crippen LogP contribution is 2.43. The number of rotatable bonds is 4. The molecule has 0 aliphatic carbocycles. The third-order valence-corrected chi connectivity index (χ3v) is 5.86. The zero-order valence-corrected chi connectivity index (χ0v) is 18.3. The highest BCUT2D eigenvalue weighted by atomic mass is 16.5. The highest BCUT2D eigenvalue weighted by Gasteiger charge is 2.33. The van der Waals surface area contributed by atoms with E-state index >= 15 is 0 Å². The molecule has 2 aliphatic heterocycles. The third-order valence-electron chi connectivity index (χ3n) is 5.86. The Bertz CT molecular complexity index is 1220. The van der Waals surface area contributed by atoms with Gasteiger partial charge in [-0.15, -0.1) is 0 Å². The summed E-state index contributed by atoms with van der Waals surface area (Å²) in [6.45, 7) is 6.10. The molecule has 0 radical (unpaired) electrons. The van der Waals surface area contributed by atoms with Crippen molar-refractivity contribution in [1.29, 1.82) is 0 Å². The van der Waals surface area contributed by atoms with Gasteiger partial charge in [-0.2, -0.15) is 0 Å². The van der Waals surface area contributed by atoms with Crippen molar-refractivity contribution >= 4 is 11.9 Å². The lowest BCUT2D eigenvalue weighted by Crippen LogP contribution is -2.32. The molecule has 0 saturated heterocycles. The minimum absolute atomic E-state index is 0.0840. The van der Waals surface area contributed by atoms with Crippen LogP contribution in [0.3, 0.4) is 0 Å². The number of allylic oxidation sites excluding steroid dienone is 3. The van der Waals surface area contributed by atoms with Crippen molar-refractivity contribution in [2.75, 3.05) is 6.73 Å². The Morgan fingerprint density at radius 1 is 1.00 bits per heavy atom. The maximum Gasteiger partial charge on any atom is 0.231 e. The molecular formula is C28H25NO3. The largest absolute Gasteiger partial charge is 0.477 e. The molecule has 3 aromatic carbocycles. The van der Waals surface area contributed by atoms with Gasteiger partial charge in [0.15, 0.2) is 5.76 Å². The zero-order valence-electron chi connectivity index (χ0n) is 18.3. The van der Waals surface area contributed by atoms with E-state index in [1.807, 2.05) is 55.5 Å². The molecule has 2 aliphatic rings. The van der Waals surface area contributed by atoms with Crippen molar-refractivity contribution in [3.05, 3.63) is 112 Å². The molecule has 0 unspecified atom stereocenters. The average Bonchev–Trinajstić information content (AvgIpc) is 3.12. The quantitative estimate of drug-likeness (QED) is 0.495. The summed E-state index contributed by atoms with van der Waals surface area (Å²) in [6.07, 6.45) is 5.54. The van der Waals surface area contributed by atoms with Crippen LogP contribution in [0.15, 0.2) is 78.6 Å². The maximum absolute atomic E-state index is 13.0. The first kappa shape index (κ1) is 20.3. The molecule has 0 spiro atoms. The Morgan fingerprint density at radius 3 is 2.56 bits per heavy atom. The van der Waals surface area contributed by atoms with E-state index in [4.69, 9.17) is 9.47 Å². The lowest BCUT2D eigenvalue weighted by Gasteiger charge is -2.30. The first-order chi connectivity index (χ1) is 15.6. The Labute approximate surface area is 188 Å². The summed E-state index contributed by atoms with van der Waals surface area (Å²) >= 11 is 0. The molecule has 0 aromatic heterocycles. The van der Waals surface area contributed by atoms with Crippen LogP contribution >= 0.6 is 0 Å². The molecule has 3 aromatic rings. The molecule has 5 rings (SSSR count). The number of carbonyl (C=O) groups is 1. The number of benzene rings is 3. The van der Waals surface area contributed by atoms with Crippen LogP contribution in [0.4, 0.5) is 0 Å². The number of Topliss-reactive ketones (excluding diaryl/α,β-unsaturated/α-hetero) is 1. The Balaban J connectivity index is 1.36. The number of ketones is 1. The van der Waals surface area contributed by atoms with Gasteiger partial charge in [-0.25, -0.2) is 0 Å². The summed E-state index contributed by atoms with van der Waals surface area (Å²) < 4.78 is 12.1. The molecule has 0 N–H and O–H groups in total. The van der Waals surface area contributed by atoms with Crippen molar-refractivity contribution in [3.8, 4) is 11.5 Å². The number of hydrogen-bond acceptors (Lipinski definition) is 4. The van der Waals surface area contributed by atoms with Crippen molar-refractivity contribution in [2.45, 2.75) is 26.9 Å². The smallest absolute Gasteiger partial charge is 0.231 e. The van der Waals surface area contributed by atoms with Gasteiger partial charge in [-0.3, -0.25) is 9.69 Å². The molecule has 0 saturated carbocycles. The third kappa shape index (κ3) is 3.97. The number of carbonyl (C=O) groups excluding carboxylic acids is 1. The van der Waals surface area contributed by atoms with Crippen LogP contribution in [0.25, 0.3) is 6.08 Å². The summed E-state index contributed by atoms with van der Waals surface area (Å²) in [5, 5.41) is 0. The zero-order chi connectivity index (χ0) is 22.1. The van der Waals surface area contributed by atoms with Gasteiger partial charge in [-0.1, -0.05) is 72.3 Å². The highest BCUT2D eigenvalue weighted by molar-refractivity contribution is 6.13. The van der Waals surface area contributed by atoms with E-state index in [-0.39, 0.29) is 5.78 Å². The van der Waals surface area contributed by atoms with E-state index < -0.39 is 0 Å². The maximum atomic E-state index is 13.0. The molecular weight excluding hydrogens is 398 g/mol. The van der Waals surface area contributed by atoms with Gasteiger partial charge >= 0.3 is 0 Å². The SMILES string of the molecule is Cc1ccc(CN2COc3c(cc4c(c3C)O/C(=C\C=C\c3ccccc3)C4=O)C2)cc1. The minimum atomic E-state index is -0.0840. The lowest BCUT2D eigenvalue weighted by molar-refractivity contribution is 0.0876. The van der Waals surface area contributed by atoms with E-state index in [1.165, 1.54) is 11.1 Å². The topological polar surface area (TPSA) is 38.8 Å². The van der Waals surface area contributed by atoms with Crippen LogP contribution in [-0.4, -0.2) is 17.4 Å². The summed E-state index contributed by atoms with van der Waals surface area (Å²) in [5.74, 6) is 1.70. The van der Waals surface area contributed by atoms with Gasteiger partial charge in [0.1, 0.15) is 18.2 Å². The van der Waals surface area contributed by atoms with E-state index in [0.717, 1.165) is 35.5 Å². The Kier molecular flexibility index (Phi) is 5.38. The standard InChI is InChI=1S/C28H25NO3/c1-19-11-13-22(14-12-19)16-29-17-23-15-24-26(30)25(10-6-9-21-7-4-3-5-8-21)32-28(24)20(2)27(23)31-18-29/h3-15H,16-18H2,1-2H3/b9-6+,25-10-. The first-order valence-electron chi connectivity index (χ1n) is 10.8. The summed E-state index contributed by atoms with van der Waals surface area (Å²) in [4.78, 5) is 15.2. The molecule has 0 fully saturated rings. The predicted octanol–water partition coefficient (Wildman–Crippen LogP) is 5.83. The number of fused-ring (bicyclic) bond motifs is 2. The molecule has 4 nitrogen and oxygen atoms in total. The van der Waals surface area contributed by atoms with Gasteiger partial charge in [0.25, 0.3) is 0 Å². The summed E-state index contributed by atoms with van der Waals surface area (Å²) in [6, 6.07) is 20.5. The second-order valence-corrected chi connectivity index (χ2v) is 8.34. The molecule has 32 heavy (non-hydrogen) atoms. The number of nitrogens with zero attached hydrogens (tertiary/aromatic N) is 1. The van der Waals surface area contributed by atoms with E-state index in [1.54, 1.807) is 6.08 Å². The van der Waals surface area contributed by atoms with Gasteiger partial charge < -0.3 is 9.47 Å². The second kappa shape index (κ2) is 8.48.